The number of methoxy groups -OCH3 is 1. The molecule has 0 aromatic heterocycles. The lowest BCUT2D eigenvalue weighted by molar-refractivity contribution is -0.141. The second-order valence-corrected chi connectivity index (χ2v) is 7.36. The normalized spacial score (nSPS) is 38.3. The van der Waals surface area contributed by atoms with Crippen molar-refractivity contribution in [3.63, 3.8) is 0 Å². The van der Waals surface area contributed by atoms with E-state index in [-0.39, 0.29) is 17.6 Å². The molecular formula is C16H29NO2. The Morgan fingerprint density at radius 2 is 1.89 bits per heavy atom. The van der Waals surface area contributed by atoms with Crippen LogP contribution in [0.1, 0.15) is 59.8 Å². The van der Waals surface area contributed by atoms with Crippen LogP contribution in [0.25, 0.3) is 0 Å². The van der Waals surface area contributed by atoms with E-state index < -0.39 is 0 Å². The van der Waals surface area contributed by atoms with Crippen molar-refractivity contribution in [2.75, 3.05) is 13.7 Å². The lowest BCUT2D eigenvalue weighted by Gasteiger charge is -2.37. The van der Waals surface area contributed by atoms with Gasteiger partial charge < -0.3 is 4.74 Å². The molecule has 110 valence electrons. The van der Waals surface area contributed by atoms with E-state index in [0.29, 0.717) is 5.41 Å². The minimum Gasteiger partial charge on any atom is -0.468 e. The van der Waals surface area contributed by atoms with Crippen molar-refractivity contribution < 1.29 is 9.53 Å². The summed E-state index contributed by atoms with van der Waals surface area (Å²) in [5.74, 6) is 0.767. The number of ether oxygens (including phenoxy) is 1. The van der Waals surface area contributed by atoms with E-state index in [0.717, 1.165) is 31.7 Å². The van der Waals surface area contributed by atoms with Gasteiger partial charge in [0.05, 0.1) is 7.11 Å². The van der Waals surface area contributed by atoms with Crippen LogP contribution in [-0.2, 0) is 9.53 Å². The first-order valence-corrected chi connectivity index (χ1v) is 7.71. The van der Waals surface area contributed by atoms with Crippen LogP contribution >= 0.6 is 0 Å². The number of carbonyl (C=O) groups is 1. The third-order valence-electron chi connectivity index (χ3n) is 5.29. The van der Waals surface area contributed by atoms with Gasteiger partial charge >= 0.3 is 5.97 Å². The zero-order chi connectivity index (χ0) is 14.3. The van der Waals surface area contributed by atoms with Crippen molar-refractivity contribution in [1.29, 1.82) is 0 Å². The maximum atomic E-state index is 11.9. The quantitative estimate of drug-likeness (QED) is 0.581. The third-order valence-corrected chi connectivity index (χ3v) is 5.29. The van der Waals surface area contributed by atoms with Crippen molar-refractivity contribution in [3.05, 3.63) is 0 Å². The number of hydrogen-bond acceptors (Lipinski definition) is 3. The van der Waals surface area contributed by atoms with E-state index in [1.807, 2.05) is 0 Å². The average Bonchev–Trinajstić information content (AvgIpc) is 2.95. The molecule has 0 radical (unpaired) electrons. The molecule has 2 rings (SSSR count). The van der Waals surface area contributed by atoms with Crippen molar-refractivity contribution >= 4 is 5.97 Å². The van der Waals surface area contributed by atoms with Gasteiger partial charge in [-0.15, -0.1) is 0 Å². The first kappa shape index (κ1) is 14.8. The highest BCUT2D eigenvalue weighted by Crippen LogP contribution is 2.55. The zero-order valence-electron chi connectivity index (χ0n) is 13.2. The third kappa shape index (κ3) is 2.54. The fourth-order valence-corrected chi connectivity index (χ4v) is 4.03. The summed E-state index contributed by atoms with van der Waals surface area (Å²) in [5.41, 5.74) is 0.539. The predicted octanol–water partition coefficient (Wildman–Crippen LogP) is 3.23. The number of rotatable bonds is 3. The Morgan fingerprint density at radius 3 is 2.32 bits per heavy atom. The molecule has 3 heteroatoms. The second kappa shape index (κ2) is 5.08. The van der Waals surface area contributed by atoms with Crippen LogP contribution in [0.3, 0.4) is 0 Å². The highest BCUT2D eigenvalue weighted by molar-refractivity contribution is 5.81. The topological polar surface area (TPSA) is 29.3 Å². The largest absolute Gasteiger partial charge is 0.468 e. The summed E-state index contributed by atoms with van der Waals surface area (Å²) in [6, 6.07) is 0.0402. The van der Waals surface area contributed by atoms with Gasteiger partial charge in [0, 0.05) is 5.54 Å². The highest BCUT2D eigenvalue weighted by Gasteiger charge is 2.66. The summed E-state index contributed by atoms with van der Waals surface area (Å²) in [6.07, 6.45) is 5.93. The molecule has 1 spiro atoms. The van der Waals surface area contributed by atoms with Crippen LogP contribution in [0.2, 0.25) is 0 Å². The summed E-state index contributed by atoms with van der Waals surface area (Å²) in [5, 5.41) is 0. The van der Waals surface area contributed by atoms with E-state index in [1.54, 1.807) is 0 Å². The summed E-state index contributed by atoms with van der Waals surface area (Å²) in [6.45, 7) is 10.2. The first-order chi connectivity index (χ1) is 8.86. The SMILES string of the molecule is CCCN1C(C(=O)OC)C12CCC(C(C)(C)C)CC2. The van der Waals surface area contributed by atoms with Crippen molar-refractivity contribution in [1.82, 2.24) is 4.90 Å². The number of hydrogen-bond donors (Lipinski definition) is 0. The molecule has 2 fully saturated rings. The van der Waals surface area contributed by atoms with Crippen LogP contribution in [-0.4, -0.2) is 36.1 Å². The Kier molecular flexibility index (Phi) is 3.97. The summed E-state index contributed by atoms with van der Waals surface area (Å²) >= 11 is 0. The van der Waals surface area contributed by atoms with Crippen LogP contribution < -0.4 is 0 Å². The van der Waals surface area contributed by atoms with Gasteiger partial charge in [0.25, 0.3) is 0 Å². The zero-order valence-corrected chi connectivity index (χ0v) is 13.2. The Morgan fingerprint density at radius 1 is 1.32 bits per heavy atom. The molecule has 2 aliphatic rings. The monoisotopic (exact) mass is 267 g/mol. The summed E-state index contributed by atoms with van der Waals surface area (Å²) < 4.78 is 4.99. The molecule has 19 heavy (non-hydrogen) atoms. The molecule has 1 saturated carbocycles. The van der Waals surface area contributed by atoms with Crippen molar-refractivity contribution in [3.8, 4) is 0 Å². The Bertz CT molecular complexity index is 337. The average molecular weight is 267 g/mol. The van der Waals surface area contributed by atoms with Gasteiger partial charge in [-0.2, -0.15) is 0 Å². The maximum absolute atomic E-state index is 11.9. The molecular weight excluding hydrogens is 238 g/mol. The van der Waals surface area contributed by atoms with Crippen molar-refractivity contribution in [2.24, 2.45) is 11.3 Å². The van der Waals surface area contributed by atoms with Crippen LogP contribution in [0.5, 0.6) is 0 Å². The first-order valence-electron chi connectivity index (χ1n) is 7.71. The van der Waals surface area contributed by atoms with Crippen LogP contribution in [0, 0.1) is 11.3 Å². The fourth-order valence-electron chi connectivity index (χ4n) is 4.03. The minimum atomic E-state index is -0.0253. The Hall–Kier alpha value is -0.570. The lowest BCUT2D eigenvalue weighted by Crippen LogP contribution is -2.33. The summed E-state index contributed by atoms with van der Waals surface area (Å²) in [4.78, 5) is 14.3. The molecule has 0 aromatic carbocycles. The smallest absolute Gasteiger partial charge is 0.325 e. The molecule has 0 N–H and O–H groups in total. The molecule has 2 atom stereocenters. The Labute approximate surface area is 117 Å². The van der Waals surface area contributed by atoms with Gasteiger partial charge in [0.2, 0.25) is 0 Å². The second-order valence-electron chi connectivity index (χ2n) is 7.36. The van der Waals surface area contributed by atoms with E-state index >= 15 is 0 Å². The van der Waals surface area contributed by atoms with Gasteiger partial charge in [-0.1, -0.05) is 27.7 Å². The number of nitrogens with zero attached hydrogens (tertiary/aromatic N) is 1. The lowest BCUT2D eigenvalue weighted by atomic mass is 9.69. The molecule has 1 aliphatic carbocycles. The van der Waals surface area contributed by atoms with Gasteiger partial charge in [-0.25, -0.2) is 0 Å². The van der Waals surface area contributed by atoms with E-state index in [2.05, 4.69) is 32.6 Å². The van der Waals surface area contributed by atoms with Crippen molar-refractivity contribution in [2.45, 2.75) is 71.4 Å². The molecule has 1 heterocycles. The molecule has 1 saturated heterocycles. The molecule has 2 unspecified atom stereocenters. The van der Waals surface area contributed by atoms with Gasteiger partial charge in [0.15, 0.2) is 0 Å². The molecule has 0 amide bonds. The van der Waals surface area contributed by atoms with Crippen LogP contribution in [0.4, 0.5) is 0 Å². The minimum absolute atomic E-state index is 0.0253. The van der Waals surface area contributed by atoms with Gasteiger partial charge in [-0.05, 0) is 50.0 Å². The molecule has 0 bridgehead atoms. The number of carbonyl (C=O) groups excluding carboxylic acids is 1. The van der Waals surface area contributed by atoms with E-state index in [4.69, 9.17) is 4.74 Å². The molecule has 1 aliphatic heterocycles. The fraction of sp³-hybridized carbons (Fsp3) is 0.938. The maximum Gasteiger partial charge on any atom is 0.325 e. The van der Waals surface area contributed by atoms with Gasteiger partial charge in [0.1, 0.15) is 6.04 Å². The van der Waals surface area contributed by atoms with Crippen LogP contribution in [0.15, 0.2) is 0 Å². The predicted molar refractivity (Wildman–Crippen MR) is 76.9 cm³/mol. The molecule has 0 aromatic rings. The van der Waals surface area contributed by atoms with E-state index in [1.165, 1.54) is 20.0 Å². The number of esters is 1. The van der Waals surface area contributed by atoms with Gasteiger partial charge in [-0.3, -0.25) is 9.69 Å². The highest BCUT2D eigenvalue weighted by atomic mass is 16.5. The van der Waals surface area contributed by atoms with E-state index in [9.17, 15) is 4.79 Å². The molecule has 3 nitrogen and oxygen atoms in total. The standard InChI is InChI=1S/C16H29NO2/c1-6-11-17-13(14(18)19-5)16(17)9-7-12(8-10-16)15(2,3)4/h12-13H,6-11H2,1-5H3. The summed E-state index contributed by atoms with van der Waals surface area (Å²) in [7, 11) is 1.51. The Balaban J connectivity index is 2.03.